The maximum absolute atomic E-state index is 4.14. The van der Waals surface area contributed by atoms with Crippen molar-refractivity contribution in [2.45, 2.75) is 26.2 Å². The number of para-hydroxylation sites is 1. The fourth-order valence-electron chi connectivity index (χ4n) is 6.54. The fourth-order valence-corrected chi connectivity index (χ4v) is 6.54. The first-order valence-corrected chi connectivity index (χ1v) is 13.0. The van der Waals surface area contributed by atoms with Crippen LogP contribution in [0.25, 0.3) is 67.0 Å². The van der Waals surface area contributed by atoms with Gasteiger partial charge in [0.25, 0.3) is 0 Å². The van der Waals surface area contributed by atoms with E-state index in [1.165, 1.54) is 71.6 Å². The number of fused-ring (bicyclic) bond motifs is 8. The van der Waals surface area contributed by atoms with Crippen LogP contribution in [0.1, 0.15) is 43.0 Å². The summed E-state index contributed by atoms with van der Waals surface area (Å²) >= 11 is 0. The number of benzene rings is 5. The topological polar surface area (TPSA) is 15.8 Å². The number of rotatable bonds is 3. The molecule has 6 aromatic rings. The Morgan fingerprint density at radius 1 is 0.784 bits per heavy atom. The van der Waals surface area contributed by atoms with Gasteiger partial charge < -0.3 is 4.98 Å². The zero-order chi connectivity index (χ0) is 25.3. The van der Waals surface area contributed by atoms with Crippen LogP contribution in [0.15, 0.2) is 97.6 Å². The van der Waals surface area contributed by atoms with Gasteiger partial charge in [0, 0.05) is 27.3 Å². The number of hydrogen-bond acceptors (Lipinski definition) is 0. The minimum Gasteiger partial charge on any atom is -0.354 e. The SMILES string of the molecule is C=Cc1c(/C=C\C)ccc2[nH]c3c(-c4ccc5c(c4)-c4c(ccc6ccccc46)C5(C)C)cccc3c12. The highest BCUT2D eigenvalue weighted by molar-refractivity contribution is 6.16. The maximum Gasteiger partial charge on any atom is 0.0544 e. The van der Waals surface area contributed by atoms with Crippen molar-refractivity contribution in [1.82, 2.24) is 4.98 Å². The molecule has 0 amide bonds. The van der Waals surface area contributed by atoms with Crippen LogP contribution in [0.3, 0.4) is 0 Å². The third kappa shape index (κ3) is 2.98. The van der Waals surface area contributed by atoms with Gasteiger partial charge in [-0.2, -0.15) is 0 Å². The summed E-state index contributed by atoms with van der Waals surface area (Å²) in [5.41, 5.74) is 12.7. The predicted octanol–water partition coefficient (Wildman–Crippen LogP) is 10.1. The quantitative estimate of drug-likeness (QED) is 0.262. The first-order chi connectivity index (χ1) is 18.0. The van der Waals surface area contributed by atoms with Gasteiger partial charge in [-0.25, -0.2) is 0 Å². The van der Waals surface area contributed by atoms with Crippen LogP contribution in [0.4, 0.5) is 0 Å². The van der Waals surface area contributed by atoms with Crippen molar-refractivity contribution in [2.24, 2.45) is 0 Å². The fraction of sp³-hybridized carbons (Fsp3) is 0.111. The largest absolute Gasteiger partial charge is 0.354 e. The minimum atomic E-state index is -0.0254. The summed E-state index contributed by atoms with van der Waals surface area (Å²) in [5.74, 6) is 0. The van der Waals surface area contributed by atoms with E-state index in [-0.39, 0.29) is 5.41 Å². The number of aromatic nitrogens is 1. The predicted molar refractivity (Wildman–Crippen MR) is 161 cm³/mol. The third-order valence-electron chi connectivity index (χ3n) is 8.30. The van der Waals surface area contributed by atoms with Crippen molar-refractivity contribution in [2.75, 3.05) is 0 Å². The van der Waals surface area contributed by atoms with Crippen molar-refractivity contribution in [3.8, 4) is 22.3 Å². The highest BCUT2D eigenvalue weighted by Gasteiger charge is 2.36. The van der Waals surface area contributed by atoms with Gasteiger partial charge in [0.15, 0.2) is 0 Å². The van der Waals surface area contributed by atoms with E-state index in [0.717, 1.165) is 5.52 Å². The second-order valence-corrected chi connectivity index (χ2v) is 10.6. The summed E-state index contributed by atoms with van der Waals surface area (Å²) in [6.45, 7) is 10.9. The Morgan fingerprint density at radius 3 is 2.43 bits per heavy atom. The van der Waals surface area contributed by atoms with Gasteiger partial charge in [-0.3, -0.25) is 0 Å². The number of hydrogen-bond donors (Lipinski definition) is 1. The number of nitrogens with one attached hydrogen (secondary N) is 1. The maximum atomic E-state index is 4.14. The summed E-state index contributed by atoms with van der Waals surface area (Å²) in [6.07, 6.45) is 6.22. The molecule has 1 heteroatoms. The first kappa shape index (κ1) is 21.9. The van der Waals surface area contributed by atoms with E-state index in [1.807, 2.05) is 6.08 Å². The standard InChI is InChI=1S/C36H29N/c1-5-10-22-17-20-32-34(25(22)6-2)28-14-9-13-27(35(28)37-32)24-16-18-30-29(21-24)33-26-12-8-7-11-23(26)15-19-31(33)36(30,3)4/h5-21,37H,2H2,1,3-4H3/b10-5-. The molecule has 0 aliphatic heterocycles. The highest BCUT2D eigenvalue weighted by Crippen LogP contribution is 2.52. The summed E-state index contributed by atoms with van der Waals surface area (Å²) in [5, 5.41) is 5.10. The molecule has 7 rings (SSSR count). The van der Waals surface area contributed by atoms with E-state index in [1.54, 1.807) is 0 Å². The molecule has 5 aromatic carbocycles. The molecule has 0 bridgehead atoms. The highest BCUT2D eigenvalue weighted by atomic mass is 14.7. The monoisotopic (exact) mass is 475 g/mol. The molecule has 1 nitrogen and oxygen atoms in total. The molecule has 0 atom stereocenters. The molecule has 0 spiro atoms. The van der Waals surface area contributed by atoms with E-state index < -0.39 is 0 Å². The number of H-pyrrole nitrogens is 1. The summed E-state index contributed by atoms with van der Waals surface area (Å²) < 4.78 is 0. The zero-order valence-corrected chi connectivity index (χ0v) is 21.5. The molecule has 1 aliphatic rings. The van der Waals surface area contributed by atoms with Crippen molar-refractivity contribution >= 4 is 44.7 Å². The van der Waals surface area contributed by atoms with Gasteiger partial charge in [0.1, 0.15) is 0 Å². The molecule has 1 heterocycles. The molecular weight excluding hydrogens is 446 g/mol. The van der Waals surface area contributed by atoms with Crippen LogP contribution in [0.2, 0.25) is 0 Å². The minimum absolute atomic E-state index is 0.0254. The lowest BCUT2D eigenvalue weighted by Crippen LogP contribution is -2.14. The lowest BCUT2D eigenvalue weighted by Gasteiger charge is -2.21. The van der Waals surface area contributed by atoms with Gasteiger partial charge >= 0.3 is 0 Å². The average Bonchev–Trinajstić information content (AvgIpc) is 3.41. The summed E-state index contributed by atoms with van der Waals surface area (Å²) in [4.78, 5) is 3.75. The first-order valence-electron chi connectivity index (χ1n) is 13.0. The Hall–Kier alpha value is -4.36. The van der Waals surface area contributed by atoms with E-state index in [0.29, 0.717) is 0 Å². The Bertz CT molecular complexity index is 1930. The molecule has 1 aliphatic carbocycles. The molecule has 0 saturated heterocycles. The smallest absolute Gasteiger partial charge is 0.0544 e. The van der Waals surface area contributed by atoms with Crippen molar-refractivity contribution in [3.63, 3.8) is 0 Å². The van der Waals surface area contributed by atoms with Crippen molar-refractivity contribution < 1.29 is 0 Å². The average molecular weight is 476 g/mol. The lowest BCUT2D eigenvalue weighted by atomic mass is 9.82. The Kier molecular flexibility index (Phi) is 4.62. The van der Waals surface area contributed by atoms with Crippen LogP contribution < -0.4 is 0 Å². The lowest BCUT2D eigenvalue weighted by molar-refractivity contribution is 0.661. The summed E-state index contributed by atoms with van der Waals surface area (Å²) in [6, 6.07) is 31.4. The molecule has 0 radical (unpaired) electrons. The van der Waals surface area contributed by atoms with Crippen LogP contribution in [0, 0.1) is 0 Å². The van der Waals surface area contributed by atoms with Crippen molar-refractivity contribution in [1.29, 1.82) is 0 Å². The van der Waals surface area contributed by atoms with Gasteiger partial charge in [0.2, 0.25) is 0 Å². The van der Waals surface area contributed by atoms with Gasteiger partial charge in [-0.15, -0.1) is 0 Å². The normalized spacial score (nSPS) is 14.0. The molecule has 0 unspecified atom stereocenters. The Morgan fingerprint density at radius 2 is 1.59 bits per heavy atom. The molecule has 1 N–H and O–H groups in total. The molecule has 1 aromatic heterocycles. The molecule has 0 fully saturated rings. The summed E-state index contributed by atoms with van der Waals surface area (Å²) in [7, 11) is 0. The van der Waals surface area contributed by atoms with Gasteiger partial charge in [-0.05, 0) is 68.8 Å². The molecule has 37 heavy (non-hydrogen) atoms. The Balaban J connectivity index is 1.51. The van der Waals surface area contributed by atoms with Gasteiger partial charge in [0.05, 0.1) is 5.52 Å². The van der Waals surface area contributed by atoms with E-state index in [9.17, 15) is 0 Å². The third-order valence-corrected chi connectivity index (χ3v) is 8.30. The van der Waals surface area contributed by atoms with E-state index >= 15 is 0 Å². The second kappa shape index (κ2) is 7.82. The zero-order valence-electron chi connectivity index (χ0n) is 21.5. The van der Waals surface area contributed by atoms with Crippen LogP contribution in [0.5, 0.6) is 0 Å². The van der Waals surface area contributed by atoms with E-state index in [4.69, 9.17) is 0 Å². The van der Waals surface area contributed by atoms with Crippen LogP contribution in [-0.2, 0) is 5.41 Å². The molecule has 0 saturated carbocycles. The number of allylic oxidation sites excluding steroid dienone is 1. The molecule has 178 valence electrons. The van der Waals surface area contributed by atoms with Crippen molar-refractivity contribution in [3.05, 3.63) is 120 Å². The number of aromatic amines is 1. The van der Waals surface area contributed by atoms with Gasteiger partial charge in [-0.1, -0.05) is 111 Å². The molecular formula is C36H29N. The van der Waals surface area contributed by atoms with Crippen LogP contribution in [-0.4, -0.2) is 4.98 Å². The van der Waals surface area contributed by atoms with E-state index in [2.05, 4.69) is 129 Å². The second-order valence-electron chi connectivity index (χ2n) is 10.6. The Labute approximate surface area is 217 Å². The van der Waals surface area contributed by atoms with Crippen LogP contribution >= 0.6 is 0 Å².